The number of imidazole rings is 1. The maximum atomic E-state index is 12.5. The van der Waals surface area contributed by atoms with Gasteiger partial charge in [-0.2, -0.15) is 0 Å². The third kappa shape index (κ3) is 4.22. The maximum absolute atomic E-state index is 12.5. The van der Waals surface area contributed by atoms with Gasteiger partial charge < -0.3 is 15.2 Å². The largest absolute Gasteiger partial charge is 0.355 e. The van der Waals surface area contributed by atoms with Crippen LogP contribution in [-0.2, 0) is 22.4 Å². The Labute approximate surface area is 164 Å². The lowest BCUT2D eigenvalue weighted by Gasteiger charge is -2.16. The van der Waals surface area contributed by atoms with Crippen molar-refractivity contribution >= 4 is 22.8 Å². The van der Waals surface area contributed by atoms with Crippen molar-refractivity contribution in [3.05, 3.63) is 66.0 Å². The highest BCUT2D eigenvalue weighted by Crippen LogP contribution is 2.18. The molecule has 2 amide bonds. The summed E-state index contributed by atoms with van der Waals surface area (Å²) in [5.74, 6) is 0.604. The monoisotopic (exact) mass is 376 g/mol. The van der Waals surface area contributed by atoms with Gasteiger partial charge in [0.05, 0.1) is 17.0 Å². The molecule has 2 N–H and O–H groups in total. The van der Waals surface area contributed by atoms with Gasteiger partial charge in [-0.05, 0) is 24.1 Å². The lowest BCUT2D eigenvalue weighted by molar-refractivity contribution is -0.129. The highest BCUT2D eigenvalue weighted by Gasteiger charge is 2.33. The number of aromatic nitrogens is 2. The number of carbonyl (C=O) groups is 2. The second-order valence-corrected chi connectivity index (χ2v) is 7.22. The number of rotatable bonds is 7. The Balaban J connectivity index is 1.24. The standard InChI is InChI=1S/C22H24N4O2/c27-21-14-17(15-26(21)13-11-16-6-2-1-3-7-16)22(28)23-12-10-20-24-18-8-4-5-9-19(18)25-20/h1-9,17H,10-15H2,(H,23,28)(H,24,25). The molecular formula is C22H24N4O2. The summed E-state index contributed by atoms with van der Waals surface area (Å²) in [5.41, 5.74) is 3.13. The Morgan fingerprint density at radius 3 is 2.71 bits per heavy atom. The molecule has 0 bridgehead atoms. The fourth-order valence-electron chi connectivity index (χ4n) is 3.65. The minimum Gasteiger partial charge on any atom is -0.355 e. The van der Waals surface area contributed by atoms with E-state index in [9.17, 15) is 9.59 Å². The van der Waals surface area contributed by atoms with Gasteiger partial charge in [0.1, 0.15) is 5.82 Å². The van der Waals surface area contributed by atoms with E-state index in [0.29, 0.717) is 32.5 Å². The van der Waals surface area contributed by atoms with Crippen molar-refractivity contribution in [3.8, 4) is 0 Å². The van der Waals surface area contributed by atoms with E-state index >= 15 is 0 Å². The van der Waals surface area contributed by atoms with E-state index in [0.717, 1.165) is 23.3 Å². The van der Waals surface area contributed by atoms with Crippen molar-refractivity contribution in [3.63, 3.8) is 0 Å². The highest BCUT2D eigenvalue weighted by atomic mass is 16.2. The van der Waals surface area contributed by atoms with Crippen LogP contribution in [-0.4, -0.2) is 46.3 Å². The van der Waals surface area contributed by atoms with Crippen molar-refractivity contribution in [1.82, 2.24) is 20.2 Å². The first-order valence-corrected chi connectivity index (χ1v) is 9.72. The summed E-state index contributed by atoms with van der Waals surface area (Å²) in [6, 6.07) is 18.0. The molecule has 1 unspecified atom stereocenters. The normalized spacial score (nSPS) is 16.6. The molecule has 2 aromatic carbocycles. The minimum atomic E-state index is -0.265. The molecule has 0 spiro atoms. The Hall–Kier alpha value is -3.15. The highest BCUT2D eigenvalue weighted by molar-refractivity contribution is 5.89. The summed E-state index contributed by atoms with van der Waals surface area (Å²) in [6.45, 7) is 1.67. The van der Waals surface area contributed by atoms with Gasteiger partial charge in [0.15, 0.2) is 0 Å². The summed E-state index contributed by atoms with van der Waals surface area (Å²) < 4.78 is 0. The summed E-state index contributed by atoms with van der Waals surface area (Å²) in [6.07, 6.45) is 1.75. The third-order valence-electron chi connectivity index (χ3n) is 5.20. The van der Waals surface area contributed by atoms with E-state index in [1.54, 1.807) is 4.90 Å². The average molecular weight is 376 g/mol. The number of amides is 2. The van der Waals surface area contributed by atoms with Crippen molar-refractivity contribution in [2.45, 2.75) is 19.3 Å². The van der Waals surface area contributed by atoms with Gasteiger partial charge >= 0.3 is 0 Å². The summed E-state index contributed by atoms with van der Waals surface area (Å²) >= 11 is 0. The van der Waals surface area contributed by atoms with Gasteiger partial charge in [0.25, 0.3) is 0 Å². The van der Waals surface area contributed by atoms with Crippen LogP contribution in [0.15, 0.2) is 54.6 Å². The molecule has 1 fully saturated rings. The lowest BCUT2D eigenvalue weighted by Crippen LogP contribution is -2.34. The number of hydrogen-bond acceptors (Lipinski definition) is 3. The number of likely N-dealkylation sites (tertiary alicyclic amines) is 1. The molecule has 1 saturated heterocycles. The molecule has 1 atom stereocenters. The summed E-state index contributed by atoms with van der Waals surface area (Å²) in [7, 11) is 0. The Bertz CT molecular complexity index is 934. The average Bonchev–Trinajstić information content (AvgIpc) is 3.30. The van der Waals surface area contributed by atoms with Crippen LogP contribution in [0.4, 0.5) is 0 Å². The molecule has 6 heteroatoms. The van der Waals surface area contributed by atoms with Gasteiger partial charge in [0, 0.05) is 32.5 Å². The fourth-order valence-corrected chi connectivity index (χ4v) is 3.65. The van der Waals surface area contributed by atoms with Crippen LogP contribution in [0.5, 0.6) is 0 Å². The molecule has 1 aliphatic heterocycles. The third-order valence-corrected chi connectivity index (χ3v) is 5.20. The molecule has 3 aromatic rings. The number of benzene rings is 2. The molecule has 0 aliphatic carbocycles. The first-order valence-electron chi connectivity index (χ1n) is 9.72. The maximum Gasteiger partial charge on any atom is 0.225 e. The smallest absolute Gasteiger partial charge is 0.225 e. The molecular weight excluding hydrogens is 352 g/mol. The minimum absolute atomic E-state index is 0.0494. The Morgan fingerprint density at radius 2 is 1.89 bits per heavy atom. The zero-order chi connectivity index (χ0) is 19.3. The fraction of sp³-hybridized carbons (Fsp3) is 0.318. The molecule has 6 nitrogen and oxygen atoms in total. The molecule has 144 valence electrons. The van der Waals surface area contributed by atoms with Crippen LogP contribution in [0.1, 0.15) is 17.8 Å². The Kier molecular flexibility index (Phi) is 5.37. The predicted molar refractivity (Wildman–Crippen MR) is 108 cm³/mol. The molecule has 1 aliphatic rings. The van der Waals surface area contributed by atoms with E-state index < -0.39 is 0 Å². The van der Waals surface area contributed by atoms with E-state index in [4.69, 9.17) is 0 Å². The summed E-state index contributed by atoms with van der Waals surface area (Å²) in [5, 5.41) is 2.95. The van der Waals surface area contributed by atoms with Gasteiger partial charge in [-0.15, -0.1) is 0 Å². The number of para-hydroxylation sites is 2. The van der Waals surface area contributed by atoms with Crippen LogP contribution in [0.2, 0.25) is 0 Å². The van der Waals surface area contributed by atoms with Crippen molar-refractivity contribution < 1.29 is 9.59 Å². The van der Waals surface area contributed by atoms with Crippen LogP contribution >= 0.6 is 0 Å². The van der Waals surface area contributed by atoms with Gasteiger partial charge in [-0.1, -0.05) is 42.5 Å². The van der Waals surface area contributed by atoms with E-state index in [1.807, 2.05) is 42.5 Å². The van der Waals surface area contributed by atoms with Crippen LogP contribution in [0, 0.1) is 5.92 Å². The van der Waals surface area contributed by atoms with Crippen molar-refractivity contribution in [1.29, 1.82) is 0 Å². The van der Waals surface area contributed by atoms with Crippen LogP contribution in [0.25, 0.3) is 11.0 Å². The van der Waals surface area contributed by atoms with Crippen molar-refractivity contribution in [2.75, 3.05) is 19.6 Å². The molecule has 1 aromatic heterocycles. The molecule has 4 rings (SSSR count). The second-order valence-electron chi connectivity index (χ2n) is 7.22. The molecule has 2 heterocycles. The zero-order valence-corrected chi connectivity index (χ0v) is 15.7. The number of nitrogens with one attached hydrogen (secondary N) is 2. The van der Waals surface area contributed by atoms with E-state index in [2.05, 4.69) is 27.4 Å². The zero-order valence-electron chi connectivity index (χ0n) is 15.7. The molecule has 0 radical (unpaired) electrons. The number of H-pyrrole nitrogens is 1. The number of carbonyl (C=O) groups excluding carboxylic acids is 2. The van der Waals surface area contributed by atoms with E-state index in [1.165, 1.54) is 5.56 Å². The van der Waals surface area contributed by atoms with Gasteiger partial charge in [-0.25, -0.2) is 4.98 Å². The predicted octanol–water partition coefficient (Wildman–Crippen LogP) is 2.31. The molecule has 28 heavy (non-hydrogen) atoms. The summed E-state index contributed by atoms with van der Waals surface area (Å²) in [4.78, 5) is 34.3. The SMILES string of the molecule is O=C(NCCc1nc2ccccc2[nH]1)C1CC(=O)N(CCc2ccccc2)C1. The molecule has 0 saturated carbocycles. The van der Waals surface area contributed by atoms with Crippen LogP contribution in [0.3, 0.4) is 0 Å². The number of aromatic amines is 1. The van der Waals surface area contributed by atoms with Crippen molar-refractivity contribution in [2.24, 2.45) is 5.92 Å². The Morgan fingerprint density at radius 1 is 1.11 bits per heavy atom. The first kappa shape index (κ1) is 18.2. The van der Waals surface area contributed by atoms with Crippen LogP contribution < -0.4 is 5.32 Å². The first-order chi connectivity index (χ1) is 13.7. The van der Waals surface area contributed by atoms with Gasteiger partial charge in [0.2, 0.25) is 11.8 Å². The quantitative estimate of drug-likeness (QED) is 0.664. The number of fused-ring (bicyclic) bond motifs is 1. The van der Waals surface area contributed by atoms with E-state index in [-0.39, 0.29) is 17.7 Å². The van der Waals surface area contributed by atoms with Gasteiger partial charge in [-0.3, -0.25) is 9.59 Å². The second kappa shape index (κ2) is 8.25. The number of nitrogens with zero attached hydrogens (tertiary/aromatic N) is 2. The lowest BCUT2D eigenvalue weighted by atomic mass is 10.1. The number of hydrogen-bond donors (Lipinski definition) is 2. The topological polar surface area (TPSA) is 78.1 Å².